The molecule has 0 saturated carbocycles. The molecule has 0 atom stereocenters. The molecule has 0 bridgehead atoms. The Morgan fingerprint density at radius 3 is 2.76 bits per heavy atom. The van der Waals surface area contributed by atoms with Crippen molar-refractivity contribution in [1.29, 1.82) is 0 Å². The monoisotopic (exact) mass is 413 g/mol. The topological polar surface area (TPSA) is 71.5 Å². The van der Waals surface area contributed by atoms with Gasteiger partial charge in [-0.2, -0.15) is 0 Å². The lowest BCUT2D eigenvalue weighted by Crippen LogP contribution is -2.26. The molecule has 2 amide bonds. The number of rotatable bonds is 6. The number of benzene rings is 2. The van der Waals surface area contributed by atoms with Crippen molar-refractivity contribution in [3.05, 3.63) is 75.5 Å². The molecule has 8 heteroatoms. The van der Waals surface area contributed by atoms with Crippen molar-refractivity contribution in [2.24, 2.45) is 0 Å². The van der Waals surface area contributed by atoms with Crippen LogP contribution in [0.4, 0.5) is 10.1 Å². The Morgan fingerprint density at radius 1 is 1.28 bits per heavy atom. The van der Waals surface area contributed by atoms with Crippen molar-refractivity contribution < 1.29 is 18.7 Å². The van der Waals surface area contributed by atoms with Crippen LogP contribution in [0.1, 0.15) is 32.0 Å². The predicted molar refractivity (Wildman–Crippen MR) is 110 cm³/mol. The Kier molecular flexibility index (Phi) is 6.23. The molecular formula is C21H20FN3O3S. The van der Waals surface area contributed by atoms with Gasteiger partial charge in [0.25, 0.3) is 11.8 Å². The second kappa shape index (κ2) is 8.83. The SMILES string of the molecule is COc1cccc(F)c1C(=O)Nc1cc(C(=O)N(C)Cc2cscn2)ccc1C. The van der Waals surface area contributed by atoms with E-state index >= 15 is 0 Å². The van der Waals surface area contributed by atoms with Crippen molar-refractivity contribution in [3.63, 3.8) is 0 Å². The molecule has 1 heterocycles. The minimum atomic E-state index is -0.685. The third-order valence-electron chi connectivity index (χ3n) is 4.38. The molecule has 150 valence electrons. The van der Waals surface area contributed by atoms with E-state index in [4.69, 9.17) is 4.74 Å². The van der Waals surface area contributed by atoms with E-state index in [9.17, 15) is 14.0 Å². The minimum Gasteiger partial charge on any atom is -0.496 e. The first-order valence-electron chi connectivity index (χ1n) is 8.77. The Bertz CT molecular complexity index is 1040. The van der Waals surface area contributed by atoms with Gasteiger partial charge in [-0.05, 0) is 36.8 Å². The zero-order chi connectivity index (χ0) is 21.0. The van der Waals surface area contributed by atoms with E-state index in [1.54, 1.807) is 42.6 Å². The molecule has 2 aromatic carbocycles. The highest BCUT2D eigenvalue weighted by atomic mass is 32.1. The Morgan fingerprint density at radius 2 is 2.07 bits per heavy atom. The van der Waals surface area contributed by atoms with Crippen molar-refractivity contribution in [3.8, 4) is 5.75 Å². The highest BCUT2D eigenvalue weighted by Crippen LogP contribution is 2.24. The van der Waals surface area contributed by atoms with Crippen molar-refractivity contribution in [2.45, 2.75) is 13.5 Å². The summed E-state index contributed by atoms with van der Waals surface area (Å²) < 4.78 is 19.3. The van der Waals surface area contributed by atoms with E-state index in [-0.39, 0.29) is 17.2 Å². The standard InChI is InChI=1S/C21H20FN3O3S/c1-13-7-8-14(21(27)25(2)10-15-11-29-12-23-15)9-17(13)24-20(26)19-16(22)5-4-6-18(19)28-3/h4-9,11-12H,10H2,1-3H3,(H,24,26). The molecule has 3 aromatic rings. The summed E-state index contributed by atoms with van der Waals surface area (Å²) in [6.45, 7) is 2.17. The number of thiazole rings is 1. The van der Waals surface area contributed by atoms with Crippen molar-refractivity contribution in [1.82, 2.24) is 9.88 Å². The molecule has 1 aromatic heterocycles. The van der Waals surface area contributed by atoms with Gasteiger partial charge in [0.05, 0.1) is 24.9 Å². The van der Waals surface area contributed by atoms with Gasteiger partial charge in [0, 0.05) is 23.7 Å². The van der Waals surface area contributed by atoms with Gasteiger partial charge < -0.3 is 15.0 Å². The fraction of sp³-hybridized carbons (Fsp3) is 0.190. The maximum atomic E-state index is 14.2. The van der Waals surface area contributed by atoms with Crippen LogP contribution in [-0.2, 0) is 6.54 Å². The third kappa shape index (κ3) is 4.60. The van der Waals surface area contributed by atoms with E-state index in [0.717, 1.165) is 11.3 Å². The summed E-state index contributed by atoms with van der Waals surface area (Å²) in [6.07, 6.45) is 0. The van der Waals surface area contributed by atoms with E-state index < -0.39 is 11.7 Å². The number of anilines is 1. The fourth-order valence-corrected chi connectivity index (χ4v) is 3.37. The summed E-state index contributed by atoms with van der Waals surface area (Å²) in [6, 6.07) is 9.18. The van der Waals surface area contributed by atoms with E-state index in [1.165, 1.54) is 36.6 Å². The molecule has 0 radical (unpaired) electrons. The average Bonchev–Trinajstić information content (AvgIpc) is 3.21. The van der Waals surface area contributed by atoms with Crippen LogP contribution in [0, 0.1) is 12.7 Å². The van der Waals surface area contributed by atoms with Gasteiger partial charge in [-0.25, -0.2) is 9.37 Å². The lowest BCUT2D eigenvalue weighted by molar-refractivity contribution is 0.0783. The fourth-order valence-electron chi connectivity index (χ4n) is 2.82. The summed E-state index contributed by atoms with van der Waals surface area (Å²) in [5, 5.41) is 4.56. The molecule has 0 fully saturated rings. The van der Waals surface area contributed by atoms with E-state index in [2.05, 4.69) is 10.3 Å². The van der Waals surface area contributed by atoms with Crippen molar-refractivity contribution >= 4 is 28.8 Å². The quantitative estimate of drug-likeness (QED) is 0.660. The smallest absolute Gasteiger partial charge is 0.262 e. The largest absolute Gasteiger partial charge is 0.496 e. The minimum absolute atomic E-state index is 0.135. The molecule has 0 saturated heterocycles. The lowest BCUT2D eigenvalue weighted by atomic mass is 10.1. The van der Waals surface area contributed by atoms with Gasteiger partial charge in [-0.1, -0.05) is 12.1 Å². The van der Waals surface area contributed by atoms with Crippen LogP contribution in [0.2, 0.25) is 0 Å². The molecule has 0 aliphatic heterocycles. The molecule has 6 nitrogen and oxygen atoms in total. The first kappa shape index (κ1) is 20.5. The van der Waals surface area contributed by atoms with Crippen LogP contribution in [0.3, 0.4) is 0 Å². The molecule has 0 aliphatic rings. The van der Waals surface area contributed by atoms with Gasteiger partial charge in [-0.15, -0.1) is 11.3 Å². The number of carbonyl (C=O) groups is 2. The molecule has 0 unspecified atom stereocenters. The first-order valence-corrected chi connectivity index (χ1v) is 9.72. The first-order chi connectivity index (χ1) is 13.9. The Balaban J connectivity index is 1.82. The highest BCUT2D eigenvalue weighted by Gasteiger charge is 2.20. The van der Waals surface area contributed by atoms with Gasteiger partial charge in [0.1, 0.15) is 17.1 Å². The number of aromatic nitrogens is 1. The molecule has 0 aliphatic carbocycles. The summed E-state index contributed by atoms with van der Waals surface area (Å²) >= 11 is 1.46. The number of hydrogen-bond donors (Lipinski definition) is 1. The summed E-state index contributed by atoms with van der Waals surface area (Å²) in [5.74, 6) is -1.41. The van der Waals surface area contributed by atoms with Crippen LogP contribution in [0.5, 0.6) is 5.75 Å². The second-order valence-electron chi connectivity index (χ2n) is 6.44. The number of aryl methyl sites for hydroxylation is 1. The second-order valence-corrected chi connectivity index (χ2v) is 7.16. The van der Waals surface area contributed by atoms with Crippen LogP contribution in [-0.4, -0.2) is 35.9 Å². The number of nitrogens with one attached hydrogen (secondary N) is 1. The van der Waals surface area contributed by atoms with Crippen LogP contribution in [0.15, 0.2) is 47.3 Å². The number of amides is 2. The number of nitrogens with zero attached hydrogens (tertiary/aromatic N) is 2. The number of halogens is 1. The maximum absolute atomic E-state index is 14.2. The number of carbonyl (C=O) groups excluding carboxylic acids is 2. The molecule has 1 N–H and O–H groups in total. The Labute approximate surface area is 172 Å². The molecule has 0 spiro atoms. The predicted octanol–water partition coefficient (Wildman–Crippen LogP) is 4.12. The lowest BCUT2D eigenvalue weighted by Gasteiger charge is -2.17. The summed E-state index contributed by atoms with van der Waals surface area (Å²) in [7, 11) is 3.05. The van der Waals surface area contributed by atoms with Gasteiger partial charge >= 0.3 is 0 Å². The number of ether oxygens (including phenoxy) is 1. The highest BCUT2D eigenvalue weighted by molar-refractivity contribution is 7.07. The normalized spacial score (nSPS) is 10.5. The van der Waals surface area contributed by atoms with E-state index in [0.29, 0.717) is 17.8 Å². The van der Waals surface area contributed by atoms with Crippen molar-refractivity contribution in [2.75, 3.05) is 19.5 Å². The number of methoxy groups -OCH3 is 1. The van der Waals surface area contributed by atoms with Gasteiger partial charge in [0.2, 0.25) is 0 Å². The average molecular weight is 413 g/mol. The molecule has 29 heavy (non-hydrogen) atoms. The third-order valence-corrected chi connectivity index (χ3v) is 5.02. The van der Waals surface area contributed by atoms with Crippen LogP contribution in [0.25, 0.3) is 0 Å². The van der Waals surface area contributed by atoms with E-state index in [1.807, 2.05) is 5.38 Å². The van der Waals surface area contributed by atoms with Crippen LogP contribution < -0.4 is 10.1 Å². The summed E-state index contributed by atoms with van der Waals surface area (Å²) in [5.41, 5.74) is 3.90. The zero-order valence-corrected chi connectivity index (χ0v) is 17.0. The zero-order valence-electron chi connectivity index (χ0n) is 16.2. The summed E-state index contributed by atoms with van der Waals surface area (Å²) in [4.78, 5) is 31.1. The van der Waals surface area contributed by atoms with Gasteiger partial charge in [0.15, 0.2) is 0 Å². The number of hydrogen-bond acceptors (Lipinski definition) is 5. The Hall–Kier alpha value is -3.26. The molecular weight excluding hydrogens is 393 g/mol. The van der Waals surface area contributed by atoms with Gasteiger partial charge in [-0.3, -0.25) is 9.59 Å². The maximum Gasteiger partial charge on any atom is 0.262 e. The van der Waals surface area contributed by atoms with Crippen LogP contribution >= 0.6 is 11.3 Å². The molecule has 3 rings (SSSR count).